The van der Waals surface area contributed by atoms with E-state index in [0.29, 0.717) is 12.2 Å². The molecule has 0 saturated carbocycles. The number of carbonyl (C=O) groups excluding carboxylic acids is 1. The van der Waals surface area contributed by atoms with Crippen LogP contribution in [-0.4, -0.2) is 18.0 Å². The van der Waals surface area contributed by atoms with Crippen LogP contribution in [0.25, 0.3) is 10.9 Å². The van der Waals surface area contributed by atoms with Crippen molar-refractivity contribution in [3.05, 3.63) is 59.8 Å². The summed E-state index contributed by atoms with van der Waals surface area (Å²) in [5.74, 6) is 0.701. The van der Waals surface area contributed by atoms with Crippen molar-refractivity contribution in [3.8, 4) is 5.75 Å². The SMILES string of the molecule is COc1ccc(C(C)(C)C)cc1NC(=O)CCCc1c[nH]c2ccccc12. The number of hydrogen-bond donors (Lipinski definition) is 2. The van der Waals surface area contributed by atoms with E-state index in [0.717, 1.165) is 29.6 Å². The van der Waals surface area contributed by atoms with Gasteiger partial charge in [-0.05, 0) is 47.6 Å². The van der Waals surface area contributed by atoms with Gasteiger partial charge >= 0.3 is 0 Å². The van der Waals surface area contributed by atoms with Gasteiger partial charge in [-0.2, -0.15) is 0 Å². The lowest BCUT2D eigenvalue weighted by Crippen LogP contribution is -2.15. The Kier molecular flexibility index (Phi) is 5.54. The van der Waals surface area contributed by atoms with E-state index >= 15 is 0 Å². The lowest BCUT2D eigenvalue weighted by molar-refractivity contribution is -0.116. The second-order valence-corrected chi connectivity index (χ2v) is 7.93. The highest BCUT2D eigenvalue weighted by atomic mass is 16.5. The fourth-order valence-corrected chi connectivity index (χ4v) is 3.26. The van der Waals surface area contributed by atoms with Crippen molar-refractivity contribution in [3.63, 3.8) is 0 Å². The molecule has 1 amide bonds. The monoisotopic (exact) mass is 364 g/mol. The van der Waals surface area contributed by atoms with Gasteiger partial charge in [0.05, 0.1) is 12.8 Å². The van der Waals surface area contributed by atoms with Gasteiger partial charge in [0.2, 0.25) is 5.91 Å². The molecule has 0 radical (unpaired) electrons. The second kappa shape index (κ2) is 7.87. The van der Waals surface area contributed by atoms with Crippen molar-refractivity contribution in [2.24, 2.45) is 0 Å². The van der Waals surface area contributed by atoms with Crippen LogP contribution in [0.5, 0.6) is 5.75 Å². The lowest BCUT2D eigenvalue weighted by Gasteiger charge is -2.21. The molecule has 1 heterocycles. The quantitative estimate of drug-likeness (QED) is 0.612. The van der Waals surface area contributed by atoms with E-state index in [9.17, 15) is 4.79 Å². The highest BCUT2D eigenvalue weighted by Crippen LogP contribution is 2.31. The number of aromatic amines is 1. The Balaban J connectivity index is 1.62. The molecule has 0 aliphatic rings. The summed E-state index contributed by atoms with van der Waals surface area (Å²) < 4.78 is 5.41. The minimum atomic E-state index is 0.0131. The number of amides is 1. The van der Waals surface area contributed by atoms with Crippen molar-refractivity contribution in [1.82, 2.24) is 4.98 Å². The van der Waals surface area contributed by atoms with Gasteiger partial charge in [0.15, 0.2) is 0 Å². The summed E-state index contributed by atoms with van der Waals surface area (Å²) >= 11 is 0. The number of rotatable bonds is 6. The second-order valence-electron chi connectivity index (χ2n) is 7.93. The third-order valence-electron chi connectivity index (χ3n) is 4.86. The molecular weight excluding hydrogens is 336 g/mol. The zero-order valence-corrected chi connectivity index (χ0v) is 16.6. The first-order valence-corrected chi connectivity index (χ1v) is 9.42. The van der Waals surface area contributed by atoms with Crippen LogP contribution in [0, 0.1) is 0 Å². The molecule has 3 rings (SSSR count). The molecule has 1 aromatic heterocycles. The predicted octanol–water partition coefficient (Wildman–Crippen LogP) is 5.44. The maximum absolute atomic E-state index is 12.5. The van der Waals surface area contributed by atoms with Gasteiger partial charge in [-0.25, -0.2) is 0 Å². The molecule has 0 spiro atoms. The van der Waals surface area contributed by atoms with Crippen LogP contribution >= 0.6 is 0 Å². The Bertz CT molecular complexity index is 935. The lowest BCUT2D eigenvalue weighted by atomic mass is 9.87. The number of anilines is 1. The number of aryl methyl sites for hydroxylation is 1. The third-order valence-corrected chi connectivity index (χ3v) is 4.86. The predicted molar refractivity (Wildman–Crippen MR) is 112 cm³/mol. The zero-order chi connectivity index (χ0) is 19.4. The molecule has 0 atom stereocenters. The third kappa shape index (κ3) is 4.51. The summed E-state index contributed by atoms with van der Waals surface area (Å²) in [6.45, 7) is 6.46. The van der Waals surface area contributed by atoms with Crippen molar-refractivity contribution in [1.29, 1.82) is 0 Å². The largest absolute Gasteiger partial charge is 0.495 e. The molecule has 0 bridgehead atoms. The van der Waals surface area contributed by atoms with Crippen LogP contribution in [0.15, 0.2) is 48.7 Å². The Morgan fingerprint density at radius 3 is 2.67 bits per heavy atom. The fraction of sp³-hybridized carbons (Fsp3) is 0.348. The minimum absolute atomic E-state index is 0.0131. The fourth-order valence-electron chi connectivity index (χ4n) is 3.26. The summed E-state index contributed by atoms with van der Waals surface area (Å²) in [4.78, 5) is 15.7. The number of aromatic nitrogens is 1. The molecule has 0 aliphatic heterocycles. The van der Waals surface area contributed by atoms with Gasteiger partial charge in [0.1, 0.15) is 5.75 Å². The molecule has 0 aliphatic carbocycles. The van der Waals surface area contributed by atoms with Crippen LogP contribution in [0.3, 0.4) is 0 Å². The van der Waals surface area contributed by atoms with Gasteiger partial charge in [-0.15, -0.1) is 0 Å². The molecule has 2 aromatic carbocycles. The zero-order valence-electron chi connectivity index (χ0n) is 16.6. The molecule has 3 aromatic rings. The summed E-state index contributed by atoms with van der Waals surface area (Å²) in [6.07, 6.45) is 4.19. The summed E-state index contributed by atoms with van der Waals surface area (Å²) in [6, 6.07) is 14.2. The van der Waals surface area contributed by atoms with E-state index in [-0.39, 0.29) is 11.3 Å². The van der Waals surface area contributed by atoms with Crippen LogP contribution in [0.1, 0.15) is 44.7 Å². The smallest absolute Gasteiger partial charge is 0.224 e. The molecule has 2 N–H and O–H groups in total. The topological polar surface area (TPSA) is 54.1 Å². The van der Waals surface area contributed by atoms with Gasteiger partial charge in [-0.1, -0.05) is 45.0 Å². The standard InChI is InChI=1S/C23H28N2O2/c1-23(2,3)17-12-13-21(27-4)20(14-17)25-22(26)11-7-8-16-15-24-19-10-6-5-9-18(16)19/h5-6,9-10,12-15,24H,7-8,11H2,1-4H3,(H,25,26). The van der Waals surface area contributed by atoms with Gasteiger partial charge in [-0.3, -0.25) is 4.79 Å². The van der Waals surface area contributed by atoms with E-state index in [1.54, 1.807) is 7.11 Å². The van der Waals surface area contributed by atoms with Crippen molar-refractivity contribution < 1.29 is 9.53 Å². The molecule has 142 valence electrons. The van der Waals surface area contributed by atoms with Crippen LogP contribution in [-0.2, 0) is 16.6 Å². The Hall–Kier alpha value is -2.75. The summed E-state index contributed by atoms with van der Waals surface area (Å²) in [5.41, 5.74) is 4.31. The number of H-pyrrole nitrogens is 1. The number of hydrogen-bond acceptors (Lipinski definition) is 2. The molecule has 27 heavy (non-hydrogen) atoms. The first-order chi connectivity index (χ1) is 12.9. The number of ether oxygens (including phenoxy) is 1. The van der Waals surface area contributed by atoms with Crippen molar-refractivity contribution >= 4 is 22.5 Å². The van der Waals surface area contributed by atoms with E-state index < -0.39 is 0 Å². The molecule has 0 fully saturated rings. The number of benzene rings is 2. The van der Waals surface area contributed by atoms with E-state index in [2.05, 4.69) is 43.2 Å². The van der Waals surface area contributed by atoms with Crippen LogP contribution < -0.4 is 10.1 Å². The highest BCUT2D eigenvalue weighted by Gasteiger charge is 2.17. The van der Waals surface area contributed by atoms with Crippen LogP contribution in [0.2, 0.25) is 0 Å². The summed E-state index contributed by atoms with van der Waals surface area (Å²) in [5, 5.41) is 4.25. The van der Waals surface area contributed by atoms with Crippen LogP contribution in [0.4, 0.5) is 5.69 Å². The number of fused-ring (bicyclic) bond motifs is 1. The number of methoxy groups -OCH3 is 1. The molecule has 4 nitrogen and oxygen atoms in total. The van der Waals surface area contributed by atoms with Gasteiger partial charge in [0, 0.05) is 23.5 Å². The number of nitrogens with one attached hydrogen (secondary N) is 2. The van der Waals surface area contributed by atoms with E-state index in [1.165, 1.54) is 10.9 Å². The Morgan fingerprint density at radius 2 is 1.93 bits per heavy atom. The number of carbonyl (C=O) groups is 1. The Labute approximate surface area is 160 Å². The maximum Gasteiger partial charge on any atom is 0.224 e. The maximum atomic E-state index is 12.5. The normalized spacial score (nSPS) is 11.6. The highest BCUT2D eigenvalue weighted by molar-refractivity contribution is 5.92. The van der Waals surface area contributed by atoms with E-state index in [4.69, 9.17) is 4.74 Å². The van der Waals surface area contributed by atoms with E-state index in [1.807, 2.05) is 36.5 Å². The Morgan fingerprint density at radius 1 is 1.15 bits per heavy atom. The first-order valence-electron chi connectivity index (χ1n) is 9.42. The number of para-hydroxylation sites is 1. The average Bonchev–Trinajstić information content (AvgIpc) is 3.04. The van der Waals surface area contributed by atoms with Gasteiger partial charge in [0.25, 0.3) is 0 Å². The van der Waals surface area contributed by atoms with Crippen molar-refractivity contribution in [2.75, 3.05) is 12.4 Å². The molecule has 4 heteroatoms. The molecule has 0 saturated heterocycles. The molecular formula is C23H28N2O2. The first kappa shape index (κ1) is 19.0. The minimum Gasteiger partial charge on any atom is -0.495 e. The summed E-state index contributed by atoms with van der Waals surface area (Å²) in [7, 11) is 1.62. The molecule has 0 unspecified atom stereocenters. The van der Waals surface area contributed by atoms with Crippen molar-refractivity contribution in [2.45, 2.75) is 45.4 Å². The van der Waals surface area contributed by atoms with Gasteiger partial charge < -0.3 is 15.0 Å². The average molecular weight is 364 g/mol.